The Morgan fingerprint density at radius 1 is 1.23 bits per heavy atom. The van der Waals surface area contributed by atoms with E-state index in [2.05, 4.69) is 10.3 Å². The van der Waals surface area contributed by atoms with Gasteiger partial charge < -0.3 is 14.8 Å². The molecular weight excluding hydrogens is 287 g/mol. The highest BCUT2D eigenvalue weighted by Crippen LogP contribution is 2.14. The molecule has 1 amide bonds. The monoisotopic (exact) mass is 304 g/mol. The molecule has 2 rings (SSSR count). The van der Waals surface area contributed by atoms with E-state index < -0.39 is 0 Å². The van der Waals surface area contributed by atoms with E-state index in [0.717, 1.165) is 5.56 Å². The maximum absolute atomic E-state index is 12.7. The summed E-state index contributed by atoms with van der Waals surface area (Å²) in [6.07, 6.45) is 1.63. The number of ether oxygens (including phenoxy) is 2. The normalized spacial score (nSPS) is 10.1. The first-order valence-corrected chi connectivity index (χ1v) is 6.90. The van der Waals surface area contributed by atoms with E-state index in [-0.39, 0.29) is 18.3 Å². The lowest BCUT2D eigenvalue weighted by Crippen LogP contribution is -2.28. The Labute approximate surface area is 128 Å². The number of aromatic nitrogens is 1. The number of amides is 1. The number of carbonyl (C=O) groups excluding carboxylic acids is 1. The average molecular weight is 304 g/mol. The highest BCUT2D eigenvalue weighted by molar-refractivity contribution is 5.77. The predicted octanol–water partition coefficient (Wildman–Crippen LogP) is 2.31. The van der Waals surface area contributed by atoms with Crippen LogP contribution in [-0.2, 0) is 11.3 Å². The van der Waals surface area contributed by atoms with Crippen LogP contribution in [0.1, 0.15) is 12.5 Å². The van der Waals surface area contributed by atoms with Gasteiger partial charge in [0, 0.05) is 18.3 Å². The van der Waals surface area contributed by atoms with Gasteiger partial charge in [0.15, 0.2) is 6.61 Å². The number of halogens is 1. The molecule has 1 aromatic carbocycles. The zero-order valence-corrected chi connectivity index (χ0v) is 12.2. The summed E-state index contributed by atoms with van der Waals surface area (Å²) < 4.78 is 23.4. The van der Waals surface area contributed by atoms with Crippen LogP contribution in [0, 0.1) is 5.82 Å². The van der Waals surface area contributed by atoms with Crippen LogP contribution in [0.15, 0.2) is 42.6 Å². The molecule has 1 heterocycles. The van der Waals surface area contributed by atoms with Gasteiger partial charge in [0.2, 0.25) is 5.88 Å². The summed E-state index contributed by atoms with van der Waals surface area (Å²) in [5.41, 5.74) is 0.791. The van der Waals surface area contributed by atoms with Crippen molar-refractivity contribution in [1.29, 1.82) is 0 Å². The smallest absolute Gasteiger partial charge is 0.258 e. The Balaban J connectivity index is 1.81. The van der Waals surface area contributed by atoms with Crippen molar-refractivity contribution in [3.8, 4) is 11.6 Å². The predicted molar refractivity (Wildman–Crippen MR) is 79.1 cm³/mol. The van der Waals surface area contributed by atoms with Crippen molar-refractivity contribution < 1.29 is 18.7 Å². The number of hydrogen-bond acceptors (Lipinski definition) is 4. The SMILES string of the molecule is CCOc1ncccc1CNC(=O)COc1ccc(F)cc1. The molecule has 6 heteroatoms. The maximum Gasteiger partial charge on any atom is 0.258 e. The summed E-state index contributed by atoms with van der Waals surface area (Å²) in [7, 11) is 0. The molecule has 0 aliphatic rings. The van der Waals surface area contributed by atoms with E-state index in [4.69, 9.17) is 9.47 Å². The second-order valence-corrected chi connectivity index (χ2v) is 4.42. The van der Waals surface area contributed by atoms with Crippen molar-refractivity contribution in [1.82, 2.24) is 10.3 Å². The molecule has 5 nitrogen and oxygen atoms in total. The molecule has 0 saturated heterocycles. The molecule has 1 N–H and O–H groups in total. The summed E-state index contributed by atoms with van der Waals surface area (Å²) in [6.45, 7) is 2.53. The maximum atomic E-state index is 12.7. The third-order valence-electron chi connectivity index (χ3n) is 2.79. The van der Waals surface area contributed by atoms with Crippen molar-refractivity contribution in [2.24, 2.45) is 0 Å². The standard InChI is InChI=1S/C16H17FN2O3/c1-2-21-16-12(4-3-9-18-16)10-19-15(20)11-22-14-7-5-13(17)6-8-14/h3-9H,2,10-11H2,1H3,(H,19,20). The molecule has 0 aliphatic heterocycles. The third kappa shape index (κ3) is 4.73. The minimum absolute atomic E-state index is 0.143. The number of hydrogen-bond donors (Lipinski definition) is 1. The summed E-state index contributed by atoms with van der Waals surface area (Å²) in [6, 6.07) is 9.10. The Morgan fingerprint density at radius 2 is 2.00 bits per heavy atom. The van der Waals surface area contributed by atoms with Gasteiger partial charge in [0.05, 0.1) is 6.61 Å². The molecule has 0 atom stereocenters. The van der Waals surface area contributed by atoms with E-state index in [9.17, 15) is 9.18 Å². The van der Waals surface area contributed by atoms with E-state index >= 15 is 0 Å². The van der Waals surface area contributed by atoms with Crippen LogP contribution in [0.5, 0.6) is 11.6 Å². The van der Waals surface area contributed by atoms with Crippen LogP contribution < -0.4 is 14.8 Å². The first kappa shape index (κ1) is 15.8. The number of nitrogens with zero attached hydrogens (tertiary/aromatic N) is 1. The quantitative estimate of drug-likeness (QED) is 0.853. The highest BCUT2D eigenvalue weighted by atomic mass is 19.1. The third-order valence-corrected chi connectivity index (χ3v) is 2.79. The van der Waals surface area contributed by atoms with Crippen molar-refractivity contribution in [3.63, 3.8) is 0 Å². The van der Waals surface area contributed by atoms with Crippen LogP contribution in [0.4, 0.5) is 4.39 Å². The van der Waals surface area contributed by atoms with E-state index in [1.54, 1.807) is 12.3 Å². The fourth-order valence-electron chi connectivity index (χ4n) is 1.75. The second-order valence-electron chi connectivity index (χ2n) is 4.42. The number of carbonyl (C=O) groups is 1. The van der Waals surface area contributed by atoms with Crippen molar-refractivity contribution in [2.45, 2.75) is 13.5 Å². The summed E-state index contributed by atoms with van der Waals surface area (Å²) in [4.78, 5) is 15.9. The van der Waals surface area contributed by atoms with Gasteiger partial charge in [-0.2, -0.15) is 0 Å². The molecule has 0 unspecified atom stereocenters. The fourth-order valence-corrected chi connectivity index (χ4v) is 1.75. The van der Waals surface area contributed by atoms with Crippen molar-refractivity contribution >= 4 is 5.91 Å². The van der Waals surface area contributed by atoms with Crippen LogP contribution in [0.2, 0.25) is 0 Å². The molecule has 0 bridgehead atoms. The molecule has 0 spiro atoms. The molecule has 116 valence electrons. The number of benzene rings is 1. The Kier molecular flexibility index (Phi) is 5.71. The van der Waals surface area contributed by atoms with Crippen molar-refractivity contribution in [3.05, 3.63) is 54.0 Å². The molecule has 2 aromatic rings. The van der Waals surface area contributed by atoms with Crippen molar-refractivity contribution in [2.75, 3.05) is 13.2 Å². The molecule has 1 aromatic heterocycles. The van der Waals surface area contributed by atoms with Gasteiger partial charge >= 0.3 is 0 Å². The minimum Gasteiger partial charge on any atom is -0.484 e. The van der Waals surface area contributed by atoms with Crippen LogP contribution in [0.25, 0.3) is 0 Å². The molecule has 0 fully saturated rings. The van der Waals surface area contributed by atoms with Gasteiger partial charge in [-0.25, -0.2) is 9.37 Å². The van der Waals surface area contributed by atoms with Gasteiger partial charge in [-0.3, -0.25) is 4.79 Å². The molecule has 22 heavy (non-hydrogen) atoms. The largest absolute Gasteiger partial charge is 0.484 e. The minimum atomic E-state index is -0.350. The van der Waals surface area contributed by atoms with Gasteiger partial charge in [0.1, 0.15) is 11.6 Å². The first-order chi connectivity index (χ1) is 10.7. The van der Waals surface area contributed by atoms with Crippen LogP contribution in [0.3, 0.4) is 0 Å². The fraction of sp³-hybridized carbons (Fsp3) is 0.250. The zero-order valence-electron chi connectivity index (χ0n) is 12.2. The summed E-state index contributed by atoms with van der Waals surface area (Å²) >= 11 is 0. The molecule has 0 saturated carbocycles. The van der Waals surface area contributed by atoms with E-state index in [1.165, 1.54) is 24.3 Å². The Bertz CT molecular complexity index is 617. The van der Waals surface area contributed by atoms with Gasteiger partial charge in [-0.1, -0.05) is 6.07 Å². The van der Waals surface area contributed by atoms with Gasteiger partial charge in [-0.15, -0.1) is 0 Å². The lowest BCUT2D eigenvalue weighted by molar-refractivity contribution is -0.123. The summed E-state index contributed by atoms with van der Waals surface area (Å²) in [5, 5.41) is 2.72. The molecular formula is C16H17FN2O3. The topological polar surface area (TPSA) is 60.5 Å². The highest BCUT2D eigenvalue weighted by Gasteiger charge is 2.07. The Hall–Kier alpha value is -2.63. The van der Waals surface area contributed by atoms with E-state index in [0.29, 0.717) is 24.8 Å². The lowest BCUT2D eigenvalue weighted by atomic mass is 10.2. The van der Waals surface area contributed by atoms with Crippen LogP contribution in [-0.4, -0.2) is 24.1 Å². The molecule has 0 aliphatic carbocycles. The first-order valence-electron chi connectivity index (χ1n) is 6.90. The van der Waals surface area contributed by atoms with Gasteiger partial charge in [-0.05, 0) is 37.3 Å². The number of nitrogens with one attached hydrogen (secondary N) is 1. The van der Waals surface area contributed by atoms with Crippen LogP contribution >= 0.6 is 0 Å². The summed E-state index contributed by atoms with van der Waals surface area (Å²) in [5.74, 6) is 0.310. The second kappa shape index (κ2) is 7.97. The lowest BCUT2D eigenvalue weighted by Gasteiger charge is -2.10. The van der Waals surface area contributed by atoms with Gasteiger partial charge in [0.25, 0.3) is 5.91 Å². The zero-order chi connectivity index (χ0) is 15.8. The van der Waals surface area contributed by atoms with E-state index in [1.807, 2.05) is 13.0 Å². The number of rotatable bonds is 7. The molecule has 0 radical (unpaired) electrons. The Morgan fingerprint density at radius 3 is 2.73 bits per heavy atom. The average Bonchev–Trinajstić information content (AvgIpc) is 2.54. The number of pyridine rings is 1.